The molecule has 1 aromatic carbocycles. The third-order valence-corrected chi connectivity index (χ3v) is 1.96. The van der Waals surface area contributed by atoms with E-state index < -0.39 is 11.6 Å². The normalized spacial score (nSPS) is 10.1. The standard InChI is InChI=1S/C11H12F2O2/c1-2-15-9-6-5-8(4-3-7-14)10(12)11(9)13/h5-7H,2-4H2,1H3. The smallest absolute Gasteiger partial charge is 0.200 e. The average Bonchev–Trinajstić information content (AvgIpc) is 2.24. The Hall–Kier alpha value is -1.45. The maximum atomic E-state index is 13.3. The zero-order chi connectivity index (χ0) is 11.3. The number of halogens is 2. The van der Waals surface area contributed by atoms with E-state index in [9.17, 15) is 13.6 Å². The first-order chi connectivity index (χ1) is 7.20. The highest BCUT2D eigenvalue weighted by Gasteiger charge is 2.13. The molecule has 0 aromatic heterocycles. The number of aldehydes is 1. The van der Waals surface area contributed by atoms with Crippen LogP contribution in [0.1, 0.15) is 18.9 Å². The molecule has 0 aliphatic heterocycles. The van der Waals surface area contributed by atoms with E-state index in [-0.39, 0.29) is 30.8 Å². The molecule has 0 radical (unpaired) electrons. The molecule has 0 N–H and O–H groups in total. The Morgan fingerprint density at radius 1 is 1.33 bits per heavy atom. The van der Waals surface area contributed by atoms with Gasteiger partial charge in [-0.2, -0.15) is 4.39 Å². The number of benzene rings is 1. The molecule has 2 nitrogen and oxygen atoms in total. The number of carbonyl (C=O) groups excluding carboxylic acids is 1. The molecule has 82 valence electrons. The molecule has 0 saturated heterocycles. The number of ether oxygens (including phenoxy) is 1. The van der Waals surface area contributed by atoms with E-state index in [1.165, 1.54) is 12.1 Å². The summed E-state index contributed by atoms with van der Waals surface area (Å²) in [6.07, 6.45) is 1.07. The summed E-state index contributed by atoms with van der Waals surface area (Å²) in [5.41, 5.74) is 0.197. The average molecular weight is 214 g/mol. The Bertz CT molecular complexity index is 351. The molecule has 1 rings (SSSR count). The molecule has 0 fully saturated rings. The fourth-order valence-electron chi connectivity index (χ4n) is 1.25. The van der Waals surface area contributed by atoms with Crippen molar-refractivity contribution in [2.45, 2.75) is 19.8 Å². The van der Waals surface area contributed by atoms with E-state index in [1.807, 2.05) is 0 Å². The van der Waals surface area contributed by atoms with Crippen LogP contribution in [0.5, 0.6) is 5.75 Å². The second kappa shape index (κ2) is 5.44. The molecule has 1 aromatic rings. The molecular formula is C11H12F2O2. The molecular weight excluding hydrogens is 202 g/mol. The van der Waals surface area contributed by atoms with Gasteiger partial charge in [0.2, 0.25) is 5.82 Å². The van der Waals surface area contributed by atoms with Gasteiger partial charge in [-0.05, 0) is 25.0 Å². The van der Waals surface area contributed by atoms with Crippen LogP contribution in [0.2, 0.25) is 0 Å². The summed E-state index contributed by atoms with van der Waals surface area (Å²) in [6.45, 7) is 1.97. The zero-order valence-electron chi connectivity index (χ0n) is 8.43. The second-order valence-electron chi connectivity index (χ2n) is 2.99. The van der Waals surface area contributed by atoms with Crippen LogP contribution < -0.4 is 4.74 Å². The summed E-state index contributed by atoms with van der Waals surface area (Å²) in [6, 6.07) is 2.81. The summed E-state index contributed by atoms with van der Waals surface area (Å²) in [5, 5.41) is 0. The Balaban J connectivity index is 2.93. The fourth-order valence-corrected chi connectivity index (χ4v) is 1.25. The quantitative estimate of drug-likeness (QED) is 0.704. The van der Waals surface area contributed by atoms with Gasteiger partial charge >= 0.3 is 0 Å². The van der Waals surface area contributed by atoms with Crippen molar-refractivity contribution in [1.29, 1.82) is 0 Å². The van der Waals surface area contributed by atoms with Gasteiger partial charge in [0.05, 0.1) is 6.61 Å². The molecule has 0 saturated carbocycles. The third-order valence-electron chi connectivity index (χ3n) is 1.96. The number of carbonyl (C=O) groups is 1. The molecule has 0 unspecified atom stereocenters. The van der Waals surface area contributed by atoms with E-state index in [4.69, 9.17) is 4.74 Å². The van der Waals surface area contributed by atoms with E-state index >= 15 is 0 Å². The molecule has 0 amide bonds. The second-order valence-corrected chi connectivity index (χ2v) is 2.99. The van der Waals surface area contributed by atoms with Crippen molar-refractivity contribution in [3.05, 3.63) is 29.3 Å². The van der Waals surface area contributed by atoms with Crippen LogP contribution in [0.4, 0.5) is 8.78 Å². The SMILES string of the molecule is CCOc1ccc(CCC=O)c(F)c1F. The van der Waals surface area contributed by atoms with E-state index in [0.29, 0.717) is 6.29 Å². The first-order valence-corrected chi connectivity index (χ1v) is 4.74. The van der Waals surface area contributed by atoms with Crippen LogP contribution >= 0.6 is 0 Å². The minimum absolute atomic E-state index is 0.0927. The molecule has 0 heterocycles. The van der Waals surface area contributed by atoms with Gasteiger partial charge in [0, 0.05) is 6.42 Å². The fraction of sp³-hybridized carbons (Fsp3) is 0.364. The van der Waals surface area contributed by atoms with Crippen LogP contribution in [0.15, 0.2) is 12.1 Å². The minimum Gasteiger partial charge on any atom is -0.491 e. The number of aryl methyl sites for hydroxylation is 1. The molecule has 0 aliphatic carbocycles. The maximum Gasteiger partial charge on any atom is 0.200 e. The highest BCUT2D eigenvalue weighted by molar-refractivity contribution is 5.50. The van der Waals surface area contributed by atoms with Gasteiger partial charge in [0.25, 0.3) is 0 Å². The molecule has 0 aliphatic rings. The van der Waals surface area contributed by atoms with Gasteiger partial charge in [0.15, 0.2) is 11.6 Å². The number of rotatable bonds is 5. The molecule has 15 heavy (non-hydrogen) atoms. The van der Waals surface area contributed by atoms with Crippen molar-refractivity contribution in [2.75, 3.05) is 6.61 Å². The van der Waals surface area contributed by atoms with E-state index in [2.05, 4.69) is 0 Å². The summed E-state index contributed by atoms with van der Waals surface area (Å²) >= 11 is 0. The first-order valence-electron chi connectivity index (χ1n) is 4.74. The van der Waals surface area contributed by atoms with Crippen molar-refractivity contribution in [3.63, 3.8) is 0 Å². The lowest BCUT2D eigenvalue weighted by molar-refractivity contribution is -0.107. The van der Waals surface area contributed by atoms with E-state index in [1.54, 1.807) is 6.92 Å². The Morgan fingerprint density at radius 3 is 2.67 bits per heavy atom. The van der Waals surface area contributed by atoms with Crippen LogP contribution in [0, 0.1) is 11.6 Å². The highest BCUT2D eigenvalue weighted by Crippen LogP contribution is 2.23. The van der Waals surface area contributed by atoms with Gasteiger partial charge in [-0.3, -0.25) is 0 Å². The summed E-state index contributed by atoms with van der Waals surface area (Å²) in [4.78, 5) is 10.1. The third kappa shape index (κ3) is 2.75. The number of hydrogen-bond acceptors (Lipinski definition) is 2. The molecule has 0 atom stereocenters. The van der Waals surface area contributed by atoms with Gasteiger partial charge in [-0.25, -0.2) is 4.39 Å². The lowest BCUT2D eigenvalue weighted by Gasteiger charge is -2.07. The maximum absolute atomic E-state index is 13.3. The van der Waals surface area contributed by atoms with Gasteiger partial charge in [-0.15, -0.1) is 0 Å². The predicted octanol–water partition coefficient (Wildman–Crippen LogP) is 2.50. The van der Waals surface area contributed by atoms with Gasteiger partial charge in [0.1, 0.15) is 6.29 Å². The largest absolute Gasteiger partial charge is 0.491 e. The molecule has 4 heteroatoms. The summed E-state index contributed by atoms with van der Waals surface area (Å²) in [5.74, 6) is -2.01. The molecule has 0 spiro atoms. The van der Waals surface area contributed by atoms with Crippen molar-refractivity contribution >= 4 is 6.29 Å². The van der Waals surface area contributed by atoms with Crippen molar-refractivity contribution < 1.29 is 18.3 Å². The first kappa shape index (κ1) is 11.6. The summed E-state index contributed by atoms with van der Waals surface area (Å²) < 4.78 is 31.5. The lowest BCUT2D eigenvalue weighted by atomic mass is 10.1. The van der Waals surface area contributed by atoms with Crippen molar-refractivity contribution in [2.24, 2.45) is 0 Å². The van der Waals surface area contributed by atoms with Crippen molar-refractivity contribution in [1.82, 2.24) is 0 Å². The zero-order valence-corrected chi connectivity index (χ0v) is 8.43. The predicted molar refractivity (Wildman–Crippen MR) is 51.9 cm³/mol. The Morgan fingerprint density at radius 2 is 2.07 bits per heavy atom. The topological polar surface area (TPSA) is 26.3 Å². The van der Waals surface area contributed by atoms with E-state index in [0.717, 1.165) is 0 Å². The van der Waals surface area contributed by atoms with Crippen LogP contribution in [-0.2, 0) is 11.2 Å². The minimum atomic E-state index is -0.986. The Kier molecular flexibility index (Phi) is 4.21. The van der Waals surface area contributed by atoms with Gasteiger partial charge in [-0.1, -0.05) is 6.07 Å². The lowest BCUT2D eigenvalue weighted by Crippen LogP contribution is -2.00. The van der Waals surface area contributed by atoms with Gasteiger partial charge < -0.3 is 9.53 Å². The van der Waals surface area contributed by atoms with Crippen LogP contribution in [-0.4, -0.2) is 12.9 Å². The van der Waals surface area contributed by atoms with Crippen LogP contribution in [0.25, 0.3) is 0 Å². The van der Waals surface area contributed by atoms with Crippen LogP contribution in [0.3, 0.4) is 0 Å². The Labute approximate surface area is 86.9 Å². The highest BCUT2D eigenvalue weighted by atomic mass is 19.2. The van der Waals surface area contributed by atoms with Crippen molar-refractivity contribution in [3.8, 4) is 5.75 Å². The monoisotopic (exact) mass is 214 g/mol. The number of hydrogen-bond donors (Lipinski definition) is 0. The molecule has 0 bridgehead atoms. The summed E-state index contributed by atoms with van der Waals surface area (Å²) in [7, 11) is 0.